The number of carbonyl (C=O) groups is 2. The highest BCUT2D eigenvalue weighted by molar-refractivity contribution is 7.10. The quantitative estimate of drug-likeness (QED) is 0.685. The van der Waals surface area contributed by atoms with Crippen LogP contribution in [0.15, 0.2) is 28.4 Å². The van der Waals surface area contributed by atoms with Crippen LogP contribution in [0.2, 0.25) is 5.15 Å². The van der Waals surface area contributed by atoms with Gasteiger partial charge in [0.25, 0.3) is 5.56 Å². The third kappa shape index (κ3) is 2.38. The van der Waals surface area contributed by atoms with E-state index in [4.69, 9.17) is 17.3 Å². The van der Waals surface area contributed by atoms with E-state index in [9.17, 15) is 19.5 Å². The number of pyridine rings is 1. The van der Waals surface area contributed by atoms with Crippen LogP contribution in [0, 0.1) is 6.92 Å². The molecule has 0 saturated carbocycles. The van der Waals surface area contributed by atoms with E-state index in [-0.39, 0.29) is 16.2 Å². The molecule has 3 N–H and O–H groups in total. The summed E-state index contributed by atoms with van der Waals surface area (Å²) < 4.78 is 1.42. The van der Waals surface area contributed by atoms with E-state index in [1.54, 1.807) is 24.4 Å². The van der Waals surface area contributed by atoms with Gasteiger partial charge in [0.05, 0.1) is 5.39 Å². The Bertz CT molecular complexity index is 1020. The third-order valence-corrected chi connectivity index (χ3v) is 4.63. The standard InChI is InChI=1S/C14H11ClN4O4S/c1-6-5-8(15)17-12-9(6)13(21)19(14(22)23)18(12)10(11(16)20)7-3-2-4-24-7/h2-5,10H,1H3,(H2,16,20)(H,22,23). The zero-order valence-corrected chi connectivity index (χ0v) is 13.8. The molecule has 24 heavy (non-hydrogen) atoms. The fourth-order valence-corrected chi connectivity index (χ4v) is 3.65. The van der Waals surface area contributed by atoms with Crippen molar-refractivity contribution in [3.63, 3.8) is 0 Å². The van der Waals surface area contributed by atoms with Gasteiger partial charge in [-0.1, -0.05) is 17.7 Å². The molecule has 3 heterocycles. The number of amides is 1. The number of fused-ring (bicyclic) bond motifs is 1. The van der Waals surface area contributed by atoms with Crippen molar-refractivity contribution in [3.8, 4) is 0 Å². The maximum absolute atomic E-state index is 12.5. The largest absolute Gasteiger partial charge is 0.463 e. The van der Waals surface area contributed by atoms with Crippen molar-refractivity contribution in [2.24, 2.45) is 5.73 Å². The monoisotopic (exact) mass is 366 g/mol. The van der Waals surface area contributed by atoms with Crippen LogP contribution in [0.1, 0.15) is 16.5 Å². The fourth-order valence-electron chi connectivity index (χ4n) is 2.59. The third-order valence-electron chi connectivity index (χ3n) is 3.51. The summed E-state index contributed by atoms with van der Waals surface area (Å²) in [6.07, 6.45) is -1.55. The molecule has 1 unspecified atom stereocenters. The molecular weight excluding hydrogens is 356 g/mol. The zero-order valence-electron chi connectivity index (χ0n) is 12.3. The van der Waals surface area contributed by atoms with Gasteiger partial charge in [0.1, 0.15) is 5.15 Å². The van der Waals surface area contributed by atoms with Crippen LogP contribution >= 0.6 is 22.9 Å². The molecule has 0 aliphatic carbocycles. The van der Waals surface area contributed by atoms with E-state index in [1.807, 2.05) is 0 Å². The Balaban J connectivity index is 2.50. The van der Waals surface area contributed by atoms with Gasteiger partial charge in [0.2, 0.25) is 5.91 Å². The topological polar surface area (TPSA) is 120 Å². The van der Waals surface area contributed by atoms with E-state index in [1.165, 1.54) is 17.4 Å². The Morgan fingerprint density at radius 3 is 2.71 bits per heavy atom. The number of thiophene rings is 1. The lowest BCUT2D eigenvalue weighted by Gasteiger charge is -2.17. The van der Waals surface area contributed by atoms with Crippen LogP contribution < -0.4 is 11.3 Å². The maximum Gasteiger partial charge on any atom is 0.434 e. The molecule has 0 aliphatic rings. The molecule has 1 amide bonds. The van der Waals surface area contributed by atoms with Crippen molar-refractivity contribution in [1.82, 2.24) is 14.3 Å². The van der Waals surface area contributed by atoms with Gasteiger partial charge in [-0.05, 0) is 30.0 Å². The molecule has 3 rings (SSSR count). The first-order chi connectivity index (χ1) is 11.3. The number of rotatable bonds is 3. The van der Waals surface area contributed by atoms with Crippen LogP contribution in [-0.2, 0) is 4.79 Å². The molecule has 0 radical (unpaired) electrons. The van der Waals surface area contributed by atoms with E-state index < -0.39 is 23.6 Å². The lowest BCUT2D eigenvalue weighted by atomic mass is 10.2. The van der Waals surface area contributed by atoms with Crippen molar-refractivity contribution >= 4 is 46.0 Å². The lowest BCUT2D eigenvalue weighted by Crippen LogP contribution is -2.36. The second kappa shape index (κ2) is 5.77. The van der Waals surface area contributed by atoms with Crippen molar-refractivity contribution in [1.29, 1.82) is 0 Å². The van der Waals surface area contributed by atoms with Crippen molar-refractivity contribution < 1.29 is 14.7 Å². The summed E-state index contributed by atoms with van der Waals surface area (Å²) in [6.45, 7) is 1.61. The smallest absolute Gasteiger partial charge is 0.434 e. The molecule has 3 aromatic rings. The van der Waals surface area contributed by atoms with Crippen LogP contribution in [-0.4, -0.2) is 31.5 Å². The SMILES string of the molecule is Cc1cc(Cl)nc2c1c(=O)n(C(=O)O)n2C(C(N)=O)c1cccs1. The van der Waals surface area contributed by atoms with Gasteiger partial charge in [-0.2, -0.15) is 0 Å². The molecule has 0 fully saturated rings. The minimum Gasteiger partial charge on any atom is -0.463 e. The van der Waals surface area contributed by atoms with Crippen molar-refractivity contribution in [2.75, 3.05) is 0 Å². The molecule has 8 nitrogen and oxygen atoms in total. The molecular formula is C14H11ClN4O4S. The Morgan fingerprint density at radius 2 is 2.17 bits per heavy atom. The predicted molar refractivity (Wildman–Crippen MR) is 88.8 cm³/mol. The highest BCUT2D eigenvalue weighted by Crippen LogP contribution is 2.27. The highest BCUT2D eigenvalue weighted by atomic mass is 35.5. The van der Waals surface area contributed by atoms with E-state index in [0.29, 0.717) is 15.1 Å². The molecule has 0 spiro atoms. The number of hydrogen-bond donors (Lipinski definition) is 2. The van der Waals surface area contributed by atoms with Crippen LogP contribution in [0.25, 0.3) is 11.0 Å². The van der Waals surface area contributed by atoms with E-state index >= 15 is 0 Å². The van der Waals surface area contributed by atoms with Gasteiger partial charge in [0, 0.05) is 4.88 Å². The second-order valence-corrected chi connectivity index (χ2v) is 6.39. The molecule has 0 aliphatic heterocycles. The normalized spacial score (nSPS) is 12.4. The van der Waals surface area contributed by atoms with Gasteiger partial charge >= 0.3 is 6.09 Å². The number of carbonyl (C=O) groups excluding carboxylic acids is 1. The summed E-state index contributed by atoms with van der Waals surface area (Å²) in [7, 11) is 0. The number of primary amides is 1. The molecule has 1 atom stereocenters. The first-order valence-electron chi connectivity index (χ1n) is 6.69. The van der Waals surface area contributed by atoms with Gasteiger partial charge in [-0.3, -0.25) is 9.59 Å². The Kier molecular flexibility index (Phi) is 3.90. The average molecular weight is 367 g/mol. The molecule has 0 saturated heterocycles. The lowest BCUT2D eigenvalue weighted by molar-refractivity contribution is -0.120. The molecule has 10 heteroatoms. The summed E-state index contributed by atoms with van der Waals surface area (Å²) in [6, 6.07) is 3.57. The van der Waals surface area contributed by atoms with Crippen LogP contribution in [0.5, 0.6) is 0 Å². The average Bonchev–Trinajstić information content (AvgIpc) is 3.06. The van der Waals surface area contributed by atoms with Crippen molar-refractivity contribution in [3.05, 3.63) is 49.5 Å². The predicted octanol–water partition coefficient (Wildman–Crippen LogP) is 1.82. The maximum atomic E-state index is 12.5. The first-order valence-corrected chi connectivity index (χ1v) is 7.95. The number of aromatic nitrogens is 3. The summed E-state index contributed by atoms with van der Waals surface area (Å²) in [4.78, 5) is 40.8. The number of nitrogens with zero attached hydrogens (tertiary/aromatic N) is 3. The summed E-state index contributed by atoms with van der Waals surface area (Å²) in [5.41, 5.74) is 5.13. The summed E-state index contributed by atoms with van der Waals surface area (Å²) >= 11 is 7.16. The number of aryl methyl sites for hydroxylation is 1. The summed E-state index contributed by atoms with van der Waals surface area (Å²) in [5, 5.41) is 11.3. The molecule has 0 aromatic carbocycles. The number of halogens is 1. The van der Waals surface area contributed by atoms with E-state index in [2.05, 4.69) is 4.98 Å². The zero-order chi connectivity index (χ0) is 17.6. The summed E-state index contributed by atoms with van der Waals surface area (Å²) in [5.74, 6) is -0.816. The first kappa shape index (κ1) is 16.2. The van der Waals surface area contributed by atoms with E-state index in [0.717, 1.165) is 4.68 Å². The van der Waals surface area contributed by atoms with Gasteiger partial charge < -0.3 is 10.8 Å². The second-order valence-electron chi connectivity index (χ2n) is 5.02. The Morgan fingerprint density at radius 1 is 1.46 bits per heavy atom. The van der Waals surface area contributed by atoms with Gasteiger partial charge in [0.15, 0.2) is 11.7 Å². The molecule has 0 bridgehead atoms. The van der Waals surface area contributed by atoms with Crippen LogP contribution in [0.3, 0.4) is 0 Å². The van der Waals surface area contributed by atoms with Gasteiger partial charge in [-0.15, -0.1) is 16.0 Å². The molecule has 3 aromatic heterocycles. The number of hydrogen-bond acceptors (Lipinski definition) is 5. The Hall–Kier alpha value is -2.65. The number of nitrogens with two attached hydrogens (primary N) is 1. The fraction of sp³-hybridized carbons (Fsp3) is 0.143. The minimum absolute atomic E-state index is 0.00963. The molecule has 124 valence electrons. The van der Waals surface area contributed by atoms with Gasteiger partial charge in [-0.25, -0.2) is 14.5 Å². The van der Waals surface area contributed by atoms with Crippen LogP contribution in [0.4, 0.5) is 4.79 Å². The number of carboxylic acid groups (broad SMARTS) is 1. The Labute approximate surface area is 143 Å². The highest BCUT2D eigenvalue weighted by Gasteiger charge is 2.31. The minimum atomic E-state index is -1.55. The van der Waals surface area contributed by atoms with Crippen molar-refractivity contribution in [2.45, 2.75) is 13.0 Å².